The van der Waals surface area contributed by atoms with E-state index in [9.17, 15) is 4.79 Å². The Morgan fingerprint density at radius 3 is 2.20 bits per heavy atom. The Labute approximate surface area is 64.2 Å². The van der Waals surface area contributed by atoms with Crippen LogP contribution in [0.1, 0.15) is 33.6 Å². The van der Waals surface area contributed by atoms with E-state index in [0.29, 0.717) is 0 Å². The van der Waals surface area contributed by atoms with Crippen molar-refractivity contribution in [3.8, 4) is 0 Å². The number of carbonyl (C=O) groups excluding carboxylic acids is 1. The molecule has 0 saturated heterocycles. The largest absolute Gasteiger partial charge is 0.348 e. The van der Waals surface area contributed by atoms with E-state index in [1.54, 1.807) is 11.9 Å². The summed E-state index contributed by atoms with van der Waals surface area (Å²) in [6.45, 7) is 7.00. The summed E-state index contributed by atoms with van der Waals surface area (Å²) in [7, 11) is 1.79. The van der Waals surface area contributed by atoms with Crippen molar-refractivity contribution in [3.63, 3.8) is 0 Å². The van der Waals surface area contributed by atoms with E-state index in [0.717, 1.165) is 25.8 Å². The predicted molar refractivity (Wildman–Crippen MR) is 45.0 cm³/mol. The number of hydrogen-bond donors (Lipinski definition) is 0. The molecule has 62 valence electrons. The Morgan fingerprint density at radius 2 is 1.90 bits per heavy atom. The zero-order valence-corrected chi connectivity index (χ0v) is 7.55. The molecule has 1 amide bonds. The first-order valence-electron chi connectivity index (χ1n) is 3.96. The maximum atomic E-state index is 9.94. The molecule has 0 bridgehead atoms. The van der Waals surface area contributed by atoms with Crippen molar-refractivity contribution in [1.29, 1.82) is 0 Å². The van der Waals surface area contributed by atoms with Crippen molar-refractivity contribution in [2.75, 3.05) is 13.6 Å². The van der Waals surface area contributed by atoms with E-state index >= 15 is 0 Å². The molecule has 0 aromatic heterocycles. The fourth-order valence-corrected chi connectivity index (χ4v) is 0.460. The van der Waals surface area contributed by atoms with E-state index < -0.39 is 0 Å². The molecule has 2 heteroatoms. The summed E-state index contributed by atoms with van der Waals surface area (Å²) in [5.41, 5.74) is 0. The quantitative estimate of drug-likeness (QED) is 0.553. The molecule has 0 aliphatic carbocycles. The van der Waals surface area contributed by atoms with Crippen LogP contribution in [-0.2, 0) is 4.79 Å². The van der Waals surface area contributed by atoms with E-state index in [1.165, 1.54) is 0 Å². The van der Waals surface area contributed by atoms with Gasteiger partial charge in [-0.05, 0) is 6.42 Å². The minimum absolute atomic E-state index is 0.857. The van der Waals surface area contributed by atoms with Crippen molar-refractivity contribution in [3.05, 3.63) is 0 Å². The minimum Gasteiger partial charge on any atom is -0.348 e. The van der Waals surface area contributed by atoms with Crippen LogP contribution < -0.4 is 0 Å². The molecule has 0 aromatic rings. The van der Waals surface area contributed by atoms with Gasteiger partial charge in [0.25, 0.3) is 0 Å². The number of nitrogens with zero attached hydrogens (tertiary/aromatic N) is 1. The Balaban J connectivity index is 0. The summed E-state index contributed by atoms with van der Waals surface area (Å²) in [4.78, 5) is 11.6. The highest BCUT2D eigenvalue weighted by Gasteiger charge is 1.88. The molecule has 10 heavy (non-hydrogen) atoms. The van der Waals surface area contributed by atoms with Crippen LogP contribution in [-0.4, -0.2) is 24.9 Å². The van der Waals surface area contributed by atoms with Crippen LogP contribution in [0, 0.1) is 0 Å². The summed E-state index contributed by atoms with van der Waals surface area (Å²) < 4.78 is 0. The van der Waals surface area contributed by atoms with Gasteiger partial charge in [-0.3, -0.25) is 4.79 Å². The summed E-state index contributed by atoms with van der Waals surface area (Å²) in [6, 6.07) is 0. The van der Waals surface area contributed by atoms with Gasteiger partial charge in [-0.1, -0.05) is 27.2 Å². The summed E-state index contributed by atoms with van der Waals surface area (Å²) in [5, 5.41) is 0. The molecule has 0 spiro atoms. The highest BCUT2D eigenvalue weighted by atomic mass is 16.1. The van der Waals surface area contributed by atoms with Crippen LogP contribution in [0.3, 0.4) is 0 Å². The number of rotatable bonds is 4. The standard InChI is InChI=1S/C6H13NO.C2H6/c1-3-4-5-7(2)6-8;1-2/h6H,3-5H2,1-2H3;1-2H3. The van der Waals surface area contributed by atoms with Gasteiger partial charge in [-0.25, -0.2) is 0 Å². The lowest BCUT2D eigenvalue weighted by molar-refractivity contribution is -0.117. The molecular formula is C8H19NO. The Hall–Kier alpha value is -0.530. The van der Waals surface area contributed by atoms with Crippen LogP contribution in [0.4, 0.5) is 0 Å². The van der Waals surface area contributed by atoms with Crippen molar-refractivity contribution in [1.82, 2.24) is 4.90 Å². The normalized spacial score (nSPS) is 7.60. The maximum Gasteiger partial charge on any atom is 0.209 e. The Bertz CT molecular complexity index is 64.3. The topological polar surface area (TPSA) is 20.3 Å². The zero-order valence-electron chi connectivity index (χ0n) is 7.55. The number of amides is 1. The monoisotopic (exact) mass is 145 g/mol. The van der Waals surface area contributed by atoms with Gasteiger partial charge in [0.05, 0.1) is 0 Å². The van der Waals surface area contributed by atoms with Crippen LogP contribution in [0.15, 0.2) is 0 Å². The molecule has 0 aliphatic rings. The lowest BCUT2D eigenvalue weighted by atomic mass is 10.3. The molecule has 0 atom stereocenters. The van der Waals surface area contributed by atoms with Crippen LogP contribution in [0.2, 0.25) is 0 Å². The first-order chi connectivity index (χ1) is 4.81. The highest BCUT2D eigenvalue weighted by molar-refractivity contribution is 5.46. The average molecular weight is 145 g/mol. The number of unbranched alkanes of at least 4 members (excludes halogenated alkanes) is 1. The van der Waals surface area contributed by atoms with Gasteiger partial charge < -0.3 is 4.90 Å². The Kier molecular flexibility index (Phi) is 13.7. The third-order valence-corrected chi connectivity index (χ3v) is 1.04. The maximum absolute atomic E-state index is 9.94. The zero-order chi connectivity index (χ0) is 8.41. The van der Waals surface area contributed by atoms with Gasteiger partial charge in [0.2, 0.25) is 6.41 Å². The van der Waals surface area contributed by atoms with E-state index in [1.807, 2.05) is 13.8 Å². The first-order valence-corrected chi connectivity index (χ1v) is 3.96. The third kappa shape index (κ3) is 10.5. The van der Waals surface area contributed by atoms with Gasteiger partial charge in [-0.15, -0.1) is 0 Å². The van der Waals surface area contributed by atoms with Crippen molar-refractivity contribution < 1.29 is 4.79 Å². The molecule has 0 aromatic carbocycles. The van der Waals surface area contributed by atoms with Gasteiger partial charge in [0.15, 0.2) is 0 Å². The lowest BCUT2D eigenvalue weighted by Gasteiger charge is -2.07. The molecule has 0 aliphatic heterocycles. The minimum atomic E-state index is 0.857. The summed E-state index contributed by atoms with van der Waals surface area (Å²) >= 11 is 0. The molecule has 0 rings (SSSR count). The Morgan fingerprint density at radius 1 is 1.40 bits per heavy atom. The smallest absolute Gasteiger partial charge is 0.209 e. The van der Waals surface area contributed by atoms with Crippen molar-refractivity contribution in [2.45, 2.75) is 33.6 Å². The molecule has 0 radical (unpaired) electrons. The van der Waals surface area contributed by atoms with Gasteiger partial charge in [-0.2, -0.15) is 0 Å². The van der Waals surface area contributed by atoms with Crippen LogP contribution >= 0.6 is 0 Å². The van der Waals surface area contributed by atoms with Gasteiger partial charge >= 0.3 is 0 Å². The highest BCUT2D eigenvalue weighted by Crippen LogP contribution is 1.86. The van der Waals surface area contributed by atoms with Gasteiger partial charge in [0, 0.05) is 13.6 Å². The predicted octanol–water partition coefficient (Wildman–Crippen LogP) is 1.90. The molecule has 2 nitrogen and oxygen atoms in total. The van der Waals surface area contributed by atoms with Crippen LogP contribution in [0.5, 0.6) is 0 Å². The van der Waals surface area contributed by atoms with Crippen LogP contribution in [0.25, 0.3) is 0 Å². The van der Waals surface area contributed by atoms with Crippen molar-refractivity contribution in [2.24, 2.45) is 0 Å². The number of hydrogen-bond acceptors (Lipinski definition) is 1. The van der Waals surface area contributed by atoms with E-state index in [4.69, 9.17) is 0 Å². The second kappa shape index (κ2) is 11.3. The molecule has 0 N–H and O–H groups in total. The first kappa shape index (κ1) is 12.2. The summed E-state index contributed by atoms with van der Waals surface area (Å²) in [5.74, 6) is 0. The molecule has 0 fully saturated rings. The molecule has 0 unspecified atom stereocenters. The van der Waals surface area contributed by atoms with E-state index in [2.05, 4.69) is 6.92 Å². The summed E-state index contributed by atoms with van der Waals surface area (Å²) in [6.07, 6.45) is 3.11. The average Bonchev–Trinajstić information content (AvgIpc) is 2.04. The lowest BCUT2D eigenvalue weighted by Crippen LogP contribution is -2.16. The number of carbonyl (C=O) groups is 1. The fourth-order valence-electron chi connectivity index (χ4n) is 0.460. The second-order valence-corrected chi connectivity index (χ2v) is 1.94. The van der Waals surface area contributed by atoms with E-state index in [-0.39, 0.29) is 0 Å². The third-order valence-electron chi connectivity index (χ3n) is 1.04. The SMILES string of the molecule is CC.CCCCN(C)C=O. The molecule has 0 heterocycles. The van der Waals surface area contributed by atoms with Gasteiger partial charge in [0.1, 0.15) is 0 Å². The fraction of sp³-hybridized carbons (Fsp3) is 0.875. The van der Waals surface area contributed by atoms with Crippen molar-refractivity contribution >= 4 is 6.41 Å². The second-order valence-electron chi connectivity index (χ2n) is 1.94. The molecular weight excluding hydrogens is 126 g/mol. The molecule has 0 saturated carbocycles.